The van der Waals surface area contributed by atoms with Crippen molar-refractivity contribution >= 4 is 50.7 Å². The van der Waals surface area contributed by atoms with E-state index in [1.807, 2.05) is 51.1 Å². The van der Waals surface area contributed by atoms with Crippen molar-refractivity contribution in [2.24, 2.45) is 0 Å². The number of nitrogens with one attached hydrogen (secondary N) is 1. The van der Waals surface area contributed by atoms with Crippen molar-refractivity contribution in [1.29, 1.82) is 0 Å². The Morgan fingerprint density at radius 3 is 2.22 bits per heavy atom. The normalized spacial score (nSPS) is 12.7. The van der Waals surface area contributed by atoms with Crippen molar-refractivity contribution < 1.29 is 22.4 Å². The van der Waals surface area contributed by atoms with Crippen LogP contribution in [-0.4, -0.2) is 43.8 Å². The number of hydrogen-bond acceptors (Lipinski definition) is 4. The summed E-state index contributed by atoms with van der Waals surface area (Å²) >= 11 is 12.8. The highest BCUT2D eigenvalue weighted by molar-refractivity contribution is 7.92. The number of benzene rings is 4. The van der Waals surface area contributed by atoms with Crippen LogP contribution >= 0.6 is 23.2 Å². The molecule has 4 aromatic rings. The molecule has 0 fully saturated rings. The summed E-state index contributed by atoms with van der Waals surface area (Å²) in [5.74, 6) is -1.75. The van der Waals surface area contributed by atoms with Crippen molar-refractivity contribution in [2.75, 3.05) is 10.8 Å². The minimum atomic E-state index is -4.38. The Labute approximate surface area is 280 Å². The number of carbonyl (C=O) groups is 2. The second-order valence-corrected chi connectivity index (χ2v) is 13.8. The third-order valence-electron chi connectivity index (χ3n) is 7.64. The zero-order valence-corrected chi connectivity index (χ0v) is 28.1. The van der Waals surface area contributed by atoms with Gasteiger partial charge in [0.05, 0.1) is 15.6 Å². The molecule has 0 saturated heterocycles. The highest BCUT2D eigenvalue weighted by atomic mass is 35.5. The third kappa shape index (κ3) is 8.66. The fourth-order valence-corrected chi connectivity index (χ4v) is 6.69. The lowest BCUT2D eigenvalue weighted by molar-refractivity contribution is -0.140. The maximum Gasteiger partial charge on any atom is 0.264 e. The molecule has 11 heteroatoms. The molecule has 0 spiro atoms. The lowest BCUT2D eigenvalue weighted by atomic mass is 10.0. The van der Waals surface area contributed by atoms with Gasteiger partial charge in [0, 0.05) is 29.6 Å². The summed E-state index contributed by atoms with van der Waals surface area (Å²) in [6.07, 6.45) is 0.743. The maximum absolute atomic E-state index is 15.1. The molecule has 0 aromatic heterocycles. The molecule has 0 radical (unpaired) electrons. The van der Waals surface area contributed by atoms with E-state index in [0.717, 1.165) is 15.4 Å². The van der Waals surface area contributed by atoms with Crippen LogP contribution in [-0.2, 0) is 32.6 Å². The molecule has 0 heterocycles. The topological polar surface area (TPSA) is 86.8 Å². The van der Waals surface area contributed by atoms with Crippen LogP contribution in [0.5, 0.6) is 0 Å². The molecule has 46 heavy (non-hydrogen) atoms. The largest absolute Gasteiger partial charge is 0.352 e. The zero-order chi connectivity index (χ0) is 33.4. The number of rotatable bonds is 13. The molecule has 2 amide bonds. The van der Waals surface area contributed by atoms with Crippen molar-refractivity contribution in [2.45, 2.75) is 57.1 Å². The van der Waals surface area contributed by atoms with Gasteiger partial charge >= 0.3 is 0 Å². The molecule has 242 valence electrons. The first-order valence-electron chi connectivity index (χ1n) is 14.8. The molecule has 4 rings (SSSR count). The van der Waals surface area contributed by atoms with E-state index in [9.17, 15) is 18.0 Å². The number of sulfonamides is 1. The molecule has 7 nitrogen and oxygen atoms in total. The van der Waals surface area contributed by atoms with Gasteiger partial charge in [-0.1, -0.05) is 96.4 Å². The number of halogens is 3. The standard InChI is InChI=1S/C35H36Cl2FN3O4S/c1-4-25(3)39-35(43)33(20-26-10-6-5-7-11-26)40(22-27-12-8-9-13-31(27)38)34(42)23-41(32-21-28(36)16-19-30(32)37)46(44,45)29-17-14-24(2)15-18-29/h5-19,21,25,33H,4,20,22-23H2,1-3H3,(H,39,43)/t25-,33-/m1/s1. The van der Waals surface area contributed by atoms with Gasteiger partial charge in [-0.25, -0.2) is 12.8 Å². The van der Waals surface area contributed by atoms with E-state index in [4.69, 9.17) is 23.2 Å². The Hall–Kier alpha value is -3.92. The van der Waals surface area contributed by atoms with Crippen LogP contribution in [0, 0.1) is 12.7 Å². The minimum Gasteiger partial charge on any atom is -0.352 e. The van der Waals surface area contributed by atoms with E-state index in [2.05, 4.69) is 5.32 Å². The van der Waals surface area contributed by atoms with Crippen LogP contribution in [0.4, 0.5) is 10.1 Å². The van der Waals surface area contributed by atoms with Crippen LogP contribution in [0.1, 0.15) is 37.0 Å². The highest BCUT2D eigenvalue weighted by Crippen LogP contribution is 2.33. The van der Waals surface area contributed by atoms with E-state index in [-0.39, 0.29) is 45.2 Å². The number of carbonyl (C=O) groups excluding carboxylic acids is 2. The molecule has 4 aromatic carbocycles. The number of aryl methyl sites for hydroxylation is 1. The van der Waals surface area contributed by atoms with Crippen LogP contribution in [0.25, 0.3) is 0 Å². The predicted octanol–water partition coefficient (Wildman–Crippen LogP) is 7.19. The van der Waals surface area contributed by atoms with Gasteiger partial charge in [-0.3, -0.25) is 13.9 Å². The first-order valence-corrected chi connectivity index (χ1v) is 17.0. The van der Waals surface area contributed by atoms with Crippen LogP contribution in [0.15, 0.2) is 102 Å². The summed E-state index contributed by atoms with van der Waals surface area (Å²) in [6, 6.07) is 24.2. The van der Waals surface area contributed by atoms with Gasteiger partial charge in [-0.15, -0.1) is 0 Å². The number of hydrogen-bond donors (Lipinski definition) is 1. The predicted molar refractivity (Wildman–Crippen MR) is 181 cm³/mol. The molecule has 0 unspecified atom stereocenters. The van der Waals surface area contributed by atoms with Crippen molar-refractivity contribution in [1.82, 2.24) is 10.2 Å². The van der Waals surface area contributed by atoms with Gasteiger partial charge in [-0.2, -0.15) is 0 Å². The smallest absolute Gasteiger partial charge is 0.264 e. The fraction of sp³-hybridized carbons (Fsp3) is 0.257. The van der Waals surface area contributed by atoms with E-state index in [0.29, 0.717) is 6.42 Å². The van der Waals surface area contributed by atoms with Gasteiger partial charge < -0.3 is 10.2 Å². The first-order chi connectivity index (χ1) is 21.9. The van der Waals surface area contributed by atoms with E-state index in [1.54, 1.807) is 18.2 Å². The molecule has 0 aliphatic heterocycles. The van der Waals surface area contributed by atoms with Gasteiger partial charge in [0.25, 0.3) is 10.0 Å². The first kappa shape index (κ1) is 34.9. The van der Waals surface area contributed by atoms with Gasteiger partial charge in [0.2, 0.25) is 11.8 Å². The van der Waals surface area contributed by atoms with Gasteiger partial charge in [-0.05, 0) is 62.2 Å². The average molecular weight is 685 g/mol. The van der Waals surface area contributed by atoms with Crippen molar-refractivity contribution in [3.05, 3.63) is 130 Å². The monoisotopic (exact) mass is 683 g/mol. The Kier molecular flexibility index (Phi) is 11.8. The molecule has 0 bridgehead atoms. The summed E-state index contributed by atoms with van der Waals surface area (Å²) in [7, 11) is -4.38. The van der Waals surface area contributed by atoms with Crippen LogP contribution < -0.4 is 9.62 Å². The Bertz CT molecular complexity index is 1770. The molecule has 1 N–H and O–H groups in total. The van der Waals surface area contributed by atoms with Crippen molar-refractivity contribution in [3.63, 3.8) is 0 Å². The quantitative estimate of drug-likeness (QED) is 0.162. The average Bonchev–Trinajstić information content (AvgIpc) is 3.04. The zero-order valence-electron chi connectivity index (χ0n) is 25.8. The molecular weight excluding hydrogens is 648 g/mol. The van der Waals surface area contributed by atoms with E-state index in [1.165, 1.54) is 53.4 Å². The Balaban J connectivity index is 1.85. The Morgan fingerprint density at radius 2 is 1.57 bits per heavy atom. The maximum atomic E-state index is 15.1. The lowest BCUT2D eigenvalue weighted by Crippen LogP contribution is -2.54. The molecule has 2 atom stereocenters. The number of nitrogens with zero attached hydrogens (tertiary/aromatic N) is 2. The summed E-state index contributed by atoms with van der Waals surface area (Å²) in [5, 5.41) is 3.20. The summed E-state index contributed by atoms with van der Waals surface area (Å²) in [5.41, 5.74) is 1.76. The van der Waals surface area contributed by atoms with Crippen molar-refractivity contribution in [3.8, 4) is 0 Å². The lowest BCUT2D eigenvalue weighted by Gasteiger charge is -2.34. The third-order valence-corrected chi connectivity index (χ3v) is 9.96. The second kappa shape index (κ2) is 15.6. The van der Waals surface area contributed by atoms with Gasteiger partial charge in [0.15, 0.2) is 0 Å². The van der Waals surface area contributed by atoms with E-state index < -0.39 is 40.2 Å². The molecular formula is C35H36Cl2FN3O4S. The second-order valence-electron chi connectivity index (χ2n) is 11.1. The van der Waals surface area contributed by atoms with E-state index >= 15 is 4.39 Å². The fourth-order valence-electron chi connectivity index (χ4n) is 4.83. The summed E-state index contributed by atoms with van der Waals surface area (Å²) < 4.78 is 44.3. The summed E-state index contributed by atoms with van der Waals surface area (Å²) in [4.78, 5) is 29.5. The van der Waals surface area contributed by atoms with Crippen LogP contribution in [0.3, 0.4) is 0 Å². The Morgan fingerprint density at radius 1 is 0.913 bits per heavy atom. The molecule has 0 saturated carbocycles. The minimum absolute atomic E-state index is 0.0161. The van der Waals surface area contributed by atoms with Gasteiger partial charge in [0.1, 0.15) is 18.4 Å². The highest BCUT2D eigenvalue weighted by Gasteiger charge is 2.36. The van der Waals surface area contributed by atoms with Crippen LogP contribution in [0.2, 0.25) is 10.0 Å². The summed E-state index contributed by atoms with van der Waals surface area (Å²) in [6.45, 7) is 4.55. The number of amides is 2. The SMILES string of the molecule is CC[C@@H](C)NC(=O)[C@@H](Cc1ccccc1)N(Cc1ccccc1F)C(=O)CN(c1cc(Cl)ccc1Cl)S(=O)(=O)c1ccc(C)cc1. The number of anilines is 1. The molecule has 0 aliphatic carbocycles. The molecule has 0 aliphatic rings.